The van der Waals surface area contributed by atoms with E-state index in [-0.39, 0.29) is 24.1 Å². The molecule has 0 aliphatic heterocycles. The summed E-state index contributed by atoms with van der Waals surface area (Å²) in [7, 11) is 7.09. The van der Waals surface area contributed by atoms with Crippen molar-refractivity contribution < 1.29 is 23.9 Å². The van der Waals surface area contributed by atoms with Gasteiger partial charge in [0.05, 0.1) is 17.3 Å². The maximum atomic E-state index is 13.0. The van der Waals surface area contributed by atoms with Crippen molar-refractivity contribution in [2.75, 3.05) is 52.8 Å². The number of fused-ring (bicyclic) bond motifs is 1. The van der Waals surface area contributed by atoms with E-state index >= 15 is 0 Å². The quantitative estimate of drug-likeness (QED) is 0.179. The zero-order valence-electron chi connectivity index (χ0n) is 26.9. The first kappa shape index (κ1) is 35.2. The van der Waals surface area contributed by atoms with E-state index in [1.807, 2.05) is 50.2 Å². The highest BCUT2D eigenvalue weighted by atomic mass is 35.5. The molecule has 0 aliphatic carbocycles. The number of hydrogen-bond donors (Lipinski definition) is 2. The Morgan fingerprint density at radius 2 is 1.70 bits per heavy atom. The van der Waals surface area contributed by atoms with Gasteiger partial charge < -0.3 is 29.9 Å². The Balaban J connectivity index is 1.42. The SMILES string of the molecule is CNC(=O)c1ccc(C=CC(=O)NCC(=O)N(C)c2ccc(Cl)c(COc3cccc4c(OCCN(C)C)cc(C)nc34)c2Cl)cc1. The molecule has 0 aliphatic rings. The predicted molar refractivity (Wildman–Crippen MR) is 187 cm³/mol. The molecule has 3 aromatic carbocycles. The van der Waals surface area contributed by atoms with Crippen LogP contribution in [-0.2, 0) is 16.2 Å². The summed E-state index contributed by atoms with van der Waals surface area (Å²) < 4.78 is 12.3. The molecule has 12 heteroatoms. The standard InChI is InChI=1S/C35H37Cl2N5O5/c1-22-19-30(46-18-17-41(3)4)25-7-6-8-29(34(25)40-22)47-21-26-27(36)14-15-28(33(26)37)42(5)32(44)20-39-31(43)16-11-23-9-12-24(13-10-23)35(45)38-2/h6-16,19H,17-18,20-21H2,1-5H3,(H,38,45)(H,39,43). The minimum Gasteiger partial charge on any atom is -0.491 e. The molecule has 0 saturated heterocycles. The molecular weight excluding hydrogens is 641 g/mol. The first-order valence-electron chi connectivity index (χ1n) is 14.8. The van der Waals surface area contributed by atoms with E-state index in [9.17, 15) is 14.4 Å². The number of anilines is 1. The Bertz CT molecular complexity index is 1790. The van der Waals surface area contributed by atoms with Crippen LogP contribution in [0, 0.1) is 6.92 Å². The van der Waals surface area contributed by atoms with Crippen LogP contribution in [0.4, 0.5) is 5.69 Å². The second-order valence-corrected chi connectivity index (χ2v) is 11.7. The van der Waals surface area contributed by atoms with Crippen LogP contribution in [0.5, 0.6) is 11.5 Å². The van der Waals surface area contributed by atoms with Gasteiger partial charge in [-0.25, -0.2) is 4.98 Å². The average molecular weight is 679 g/mol. The highest BCUT2D eigenvalue weighted by Crippen LogP contribution is 2.36. The molecule has 0 saturated carbocycles. The normalized spacial score (nSPS) is 11.1. The van der Waals surface area contributed by atoms with E-state index in [2.05, 4.69) is 10.6 Å². The summed E-state index contributed by atoms with van der Waals surface area (Å²) >= 11 is 13.3. The number of likely N-dealkylation sites (N-methyl/N-ethyl adjacent to an activating group) is 2. The van der Waals surface area contributed by atoms with Gasteiger partial charge in [0.25, 0.3) is 5.91 Å². The second kappa shape index (κ2) is 16.3. The van der Waals surface area contributed by atoms with Crippen molar-refractivity contribution in [2.24, 2.45) is 0 Å². The number of carbonyl (C=O) groups excluding carboxylic acids is 3. The Hall–Kier alpha value is -4.64. The molecule has 4 rings (SSSR count). The number of nitrogens with one attached hydrogen (secondary N) is 2. The zero-order chi connectivity index (χ0) is 34.1. The van der Waals surface area contributed by atoms with Gasteiger partial charge in [-0.1, -0.05) is 41.4 Å². The van der Waals surface area contributed by atoms with Gasteiger partial charge in [0.15, 0.2) is 0 Å². The van der Waals surface area contributed by atoms with Gasteiger partial charge in [-0.3, -0.25) is 14.4 Å². The minimum atomic E-state index is -0.455. The zero-order valence-corrected chi connectivity index (χ0v) is 28.4. The molecule has 2 N–H and O–H groups in total. The number of ether oxygens (including phenoxy) is 2. The Morgan fingerprint density at radius 1 is 0.957 bits per heavy atom. The molecule has 1 aromatic heterocycles. The van der Waals surface area contributed by atoms with Crippen LogP contribution in [0.2, 0.25) is 10.0 Å². The molecule has 3 amide bonds. The number of benzene rings is 3. The number of amides is 3. The monoisotopic (exact) mass is 677 g/mol. The summed E-state index contributed by atoms with van der Waals surface area (Å²) in [4.78, 5) is 45.2. The summed E-state index contributed by atoms with van der Waals surface area (Å²) in [5, 5.41) is 6.58. The molecule has 0 radical (unpaired) electrons. The summed E-state index contributed by atoms with van der Waals surface area (Å²) in [5.74, 6) is 0.201. The maximum absolute atomic E-state index is 13.0. The van der Waals surface area contributed by atoms with Gasteiger partial charge in [-0.2, -0.15) is 0 Å². The fourth-order valence-corrected chi connectivity index (χ4v) is 5.16. The number of pyridine rings is 1. The van der Waals surface area contributed by atoms with Crippen LogP contribution in [0.15, 0.2) is 66.7 Å². The third kappa shape index (κ3) is 9.22. The van der Waals surface area contributed by atoms with Gasteiger partial charge in [0.1, 0.15) is 30.2 Å². The predicted octanol–water partition coefficient (Wildman–Crippen LogP) is 5.52. The fourth-order valence-electron chi connectivity index (χ4n) is 4.55. The van der Waals surface area contributed by atoms with E-state index in [0.29, 0.717) is 39.7 Å². The number of aromatic nitrogens is 1. The minimum absolute atomic E-state index is 0.0186. The topological polar surface area (TPSA) is 113 Å². The largest absolute Gasteiger partial charge is 0.491 e. The molecule has 4 aromatic rings. The molecule has 1 heterocycles. The average Bonchev–Trinajstić information content (AvgIpc) is 3.05. The van der Waals surface area contributed by atoms with Crippen LogP contribution >= 0.6 is 23.2 Å². The highest BCUT2D eigenvalue weighted by molar-refractivity contribution is 6.38. The van der Waals surface area contributed by atoms with Crippen molar-refractivity contribution in [2.45, 2.75) is 13.5 Å². The second-order valence-electron chi connectivity index (χ2n) is 10.9. The number of para-hydroxylation sites is 1. The lowest BCUT2D eigenvalue weighted by molar-refractivity contribution is -0.122. The number of carbonyl (C=O) groups is 3. The first-order valence-corrected chi connectivity index (χ1v) is 15.6. The van der Waals surface area contributed by atoms with Crippen molar-refractivity contribution in [1.29, 1.82) is 0 Å². The first-order chi connectivity index (χ1) is 22.5. The van der Waals surface area contributed by atoms with E-state index in [1.54, 1.807) is 56.6 Å². The summed E-state index contributed by atoms with van der Waals surface area (Å²) in [6, 6.07) is 17.5. The Labute approximate surface area is 284 Å². The van der Waals surface area contributed by atoms with Gasteiger partial charge in [0.2, 0.25) is 11.8 Å². The number of halogens is 2. The lowest BCUT2D eigenvalue weighted by Crippen LogP contribution is -2.37. The molecular formula is C35H37Cl2N5O5. The number of nitrogens with zero attached hydrogens (tertiary/aromatic N) is 3. The number of rotatable bonds is 13. The van der Waals surface area contributed by atoms with Crippen LogP contribution in [0.3, 0.4) is 0 Å². The third-order valence-corrected chi connectivity index (χ3v) is 7.98. The molecule has 0 bridgehead atoms. The van der Waals surface area contributed by atoms with E-state index in [0.717, 1.165) is 28.9 Å². The van der Waals surface area contributed by atoms with Crippen molar-refractivity contribution in [1.82, 2.24) is 20.5 Å². The van der Waals surface area contributed by atoms with Crippen LogP contribution in [0.1, 0.15) is 27.2 Å². The van der Waals surface area contributed by atoms with E-state index < -0.39 is 11.8 Å². The molecule has 0 atom stereocenters. The van der Waals surface area contributed by atoms with Crippen LogP contribution in [-0.4, -0.2) is 75.5 Å². The highest BCUT2D eigenvalue weighted by Gasteiger charge is 2.20. The fraction of sp³-hybridized carbons (Fsp3) is 0.257. The van der Waals surface area contributed by atoms with Crippen LogP contribution in [0.25, 0.3) is 17.0 Å². The van der Waals surface area contributed by atoms with Gasteiger partial charge >= 0.3 is 0 Å². The molecule has 0 spiro atoms. The number of aryl methyl sites for hydroxylation is 1. The summed E-state index contributed by atoms with van der Waals surface area (Å²) in [6.07, 6.45) is 2.90. The van der Waals surface area contributed by atoms with E-state index in [4.69, 9.17) is 37.7 Å². The van der Waals surface area contributed by atoms with Crippen molar-refractivity contribution >= 4 is 63.6 Å². The van der Waals surface area contributed by atoms with Crippen molar-refractivity contribution in [3.8, 4) is 11.5 Å². The maximum Gasteiger partial charge on any atom is 0.251 e. The molecule has 0 fully saturated rings. The smallest absolute Gasteiger partial charge is 0.251 e. The number of hydrogen-bond acceptors (Lipinski definition) is 7. The summed E-state index contributed by atoms with van der Waals surface area (Å²) in [6.45, 7) is 2.94. The van der Waals surface area contributed by atoms with Gasteiger partial charge in [-0.15, -0.1) is 0 Å². The lowest BCUT2D eigenvalue weighted by Gasteiger charge is -2.21. The molecule has 47 heavy (non-hydrogen) atoms. The van der Waals surface area contributed by atoms with Gasteiger partial charge in [0, 0.05) is 60.0 Å². The van der Waals surface area contributed by atoms with Crippen LogP contribution < -0.4 is 25.0 Å². The Morgan fingerprint density at radius 3 is 2.40 bits per heavy atom. The Kier molecular flexibility index (Phi) is 12.2. The summed E-state index contributed by atoms with van der Waals surface area (Å²) in [5.41, 5.74) is 3.56. The molecule has 10 nitrogen and oxygen atoms in total. The molecule has 246 valence electrons. The van der Waals surface area contributed by atoms with E-state index in [1.165, 1.54) is 11.0 Å². The lowest BCUT2D eigenvalue weighted by atomic mass is 10.1. The van der Waals surface area contributed by atoms with Crippen molar-refractivity contribution in [3.63, 3.8) is 0 Å². The van der Waals surface area contributed by atoms with Gasteiger partial charge in [-0.05, 0) is 69.1 Å². The van der Waals surface area contributed by atoms with Crippen molar-refractivity contribution in [3.05, 3.63) is 99.2 Å². The molecule has 0 unspecified atom stereocenters. The third-order valence-electron chi connectivity index (χ3n) is 7.20.